The molecule has 6 heterocycles. The number of nitrogens with zero attached hydrogens (tertiary/aromatic N) is 6. The molecule has 1 aromatic heterocycles. The van der Waals surface area contributed by atoms with E-state index >= 15 is 0 Å². The summed E-state index contributed by atoms with van der Waals surface area (Å²) in [6.07, 6.45) is 5.44. The van der Waals surface area contributed by atoms with Crippen molar-refractivity contribution in [3.05, 3.63) is 16.9 Å². The van der Waals surface area contributed by atoms with Gasteiger partial charge in [-0.25, -0.2) is 9.48 Å². The largest absolute Gasteiger partial charge is 0.477 e. The highest BCUT2D eigenvalue weighted by Gasteiger charge is 2.60. The lowest BCUT2D eigenvalue weighted by molar-refractivity contribution is -0.160. The molecule has 5 aliphatic rings. The molecule has 1 spiro atoms. The quantitative estimate of drug-likeness (QED) is 0.337. The number of fused-ring (bicyclic) bond motifs is 1. The molecule has 0 unspecified atom stereocenters. The summed E-state index contributed by atoms with van der Waals surface area (Å²) in [6.45, 7) is 8.17. The van der Waals surface area contributed by atoms with Crippen LogP contribution in [0.3, 0.4) is 0 Å². The maximum absolute atomic E-state index is 13.3. The van der Waals surface area contributed by atoms with Crippen molar-refractivity contribution in [2.75, 3.05) is 32.7 Å². The van der Waals surface area contributed by atoms with Crippen LogP contribution >= 0.6 is 11.8 Å². The van der Waals surface area contributed by atoms with Gasteiger partial charge >= 0.3 is 5.97 Å². The molecule has 14 heteroatoms. The minimum atomic E-state index is -1.11. The summed E-state index contributed by atoms with van der Waals surface area (Å²) in [7, 11) is 0. The van der Waals surface area contributed by atoms with Crippen LogP contribution in [-0.2, 0) is 25.7 Å². The smallest absolute Gasteiger partial charge is 0.353 e. The van der Waals surface area contributed by atoms with E-state index in [1.54, 1.807) is 0 Å². The third kappa shape index (κ3) is 5.18. The van der Waals surface area contributed by atoms with Crippen molar-refractivity contribution in [1.82, 2.24) is 40.6 Å². The Kier molecular flexibility index (Phi) is 7.66. The maximum atomic E-state index is 13.3. The van der Waals surface area contributed by atoms with Crippen molar-refractivity contribution in [3.8, 4) is 0 Å². The average Bonchev–Trinajstić information content (AvgIpc) is 3.74. The van der Waals surface area contributed by atoms with Crippen LogP contribution in [0.25, 0.3) is 0 Å². The number of amides is 2. The first-order chi connectivity index (χ1) is 19.7. The van der Waals surface area contributed by atoms with Crippen LogP contribution in [0.4, 0.5) is 0 Å². The third-order valence-electron chi connectivity index (χ3n) is 9.83. The highest BCUT2D eigenvalue weighted by atomic mass is 32.2. The van der Waals surface area contributed by atoms with Gasteiger partial charge in [0, 0.05) is 48.7 Å². The first-order valence-electron chi connectivity index (χ1n) is 14.6. The maximum Gasteiger partial charge on any atom is 0.353 e. The van der Waals surface area contributed by atoms with Crippen molar-refractivity contribution in [2.24, 2.45) is 23.2 Å². The molecule has 41 heavy (non-hydrogen) atoms. The number of piperidine rings is 1. The zero-order valence-electron chi connectivity index (χ0n) is 23.5. The Morgan fingerprint density at radius 3 is 2.68 bits per heavy atom. The first kappa shape index (κ1) is 28.3. The van der Waals surface area contributed by atoms with Gasteiger partial charge in [0.05, 0.1) is 18.0 Å². The molecule has 6 atom stereocenters. The second-order valence-corrected chi connectivity index (χ2v) is 13.8. The van der Waals surface area contributed by atoms with Gasteiger partial charge < -0.3 is 25.5 Å². The van der Waals surface area contributed by atoms with Crippen molar-refractivity contribution in [2.45, 2.75) is 69.8 Å². The Bertz CT molecular complexity index is 1240. The zero-order valence-corrected chi connectivity index (χ0v) is 24.3. The fraction of sp³-hybridized carbons (Fsp3) is 0.741. The number of hydrogen-bond donors (Lipinski definition) is 3. The summed E-state index contributed by atoms with van der Waals surface area (Å²) < 4.78 is 1.35. The Hall–Kier alpha value is -2.84. The number of aliphatic carboxylic acids is 1. The molecule has 222 valence electrons. The van der Waals surface area contributed by atoms with Crippen LogP contribution in [0.1, 0.15) is 46.0 Å². The standard InChI is InChI=1S/C27H38N8O5S/c1-15(9-17(36)12-34-14-30-31-32-34)20-21-16(2)23(22(26(39)40)35(21)25(20)38)41-18-10-19(29-11-18)24(37)33-7-4-27(5-8-33)3-6-28-13-27/h14-16,18-21,28-29H,3-13H2,1-2H3,(H,39,40)/t15-,16+,18-,19-,20+,21+/m0/s1. The number of carboxylic acids is 1. The van der Waals surface area contributed by atoms with Crippen molar-refractivity contribution < 1.29 is 24.3 Å². The topological polar surface area (TPSA) is 163 Å². The van der Waals surface area contributed by atoms with E-state index < -0.39 is 11.9 Å². The van der Waals surface area contributed by atoms with Crippen LogP contribution < -0.4 is 10.6 Å². The first-order valence-corrected chi connectivity index (χ1v) is 15.5. The Balaban J connectivity index is 1.07. The predicted molar refractivity (Wildman–Crippen MR) is 148 cm³/mol. The van der Waals surface area contributed by atoms with Crippen LogP contribution in [0.2, 0.25) is 0 Å². The molecular formula is C27H38N8O5S. The number of tetrazole rings is 1. The second kappa shape index (κ2) is 11.1. The molecule has 6 rings (SSSR count). The van der Waals surface area contributed by atoms with E-state index in [0.717, 1.165) is 39.0 Å². The van der Waals surface area contributed by atoms with Gasteiger partial charge in [-0.3, -0.25) is 14.4 Å². The summed E-state index contributed by atoms with van der Waals surface area (Å²) in [4.78, 5) is 55.6. The lowest BCUT2D eigenvalue weighted by Gasteiger charge is -2.47. The number of β-lactam (4-membered cyclic amide) rings is 1. The van der Waals surface area contributed by atoms with Gasteiger partial charge in [-0.1, -0.05) is 13.8 Å². The zero-order chi connectivity index (χ0) is 28.9. The number of rotatable bonds is 9. The van der Waals surface area contributed by atoms with Gasteiger partial charge in [0.15, 0.2) is 5.78 Å². The molecule has 0 radical (unpaired) electrons. The molecule has 4 saturated heterocycles. The minimum Gasteiger partial charge on any atom is -0.477 e. The van der Waals surface area contributed by atoms with Gasteiger partial charge in [-0.2, -0.15) is 0 Å². The van der Waals surface area contributed by atoms with E-state index in [1.807, 2.05) is 18.7 Å². The number of carboxylic acid groups (broad SMARTS) is 1. The summed E-state index contributed by atoms with van der Waals surface area (Å²) in [5.74, 6) is -2.14. The monoisotopic (exact) mass is 586 g/mol. The van der Waals surface area contributed by atoms with E-state index in [-0.39, 0.29) is 65.4 Å². The van der Waals surface area contributed by atoms with Gasteiger partial charge in [0.25, 0.3) is 0 Å². The average molecular weight is 587 g/mol. The third-order valence-corrected chi connectivity index (χ3v) is 11.3. The number of thioether (sulfide) groups is 1. The van der Waals surface area contributed by atoms with Crippen molar-refractivity contribution >= 4 is 35.3 Å². The summed E-state index contributed by atoms with van der Waals surface area (Å²) in [5, 5.41) is 27.8. The lowest BCUT2D eigenvalue weighted by Crippen LogP contribution is -2.62. The van der Waals surface area contributed by atoms with Crippen LogP contribution in [0.15, 0.2) is 16.9 Å². The number of carbonyl (C=O) groups is 4. The molecule has 4 fully saturated rings. The second-order valence-electron chi connectivity index (χ2n) is 12.4. The number of ketones is 1. The molecule has 0 aromatic carbocycles. The molecule has 0 saturated carbocycles. The Labute approximate surface area is 242 Å². The molecule has 0 bridgehead atoms. The van der Waals surface area contributed by atoms with Gasteiger partial charge in [0.1, 0.15) is 18.6 Å². The molecule has 5 aliphatic heterocycles. The molecule has 3 N–H and O–H groups in total. The van der Waals surface area contributed by atoms with Crippen molar-refractivity contribution in [3.63, 3.8) is 0 Å². The fourth-order valence-corrected chi connectivity index (χ4v) is 9.03. The van der Waals surface area contributed by atoms with Crippen LogP contribution in [-0.4, -0.2) is 109 Å². The molecule has 0 aliphatic carbocycles. The number of Topliss-reactive ketones (excluding diaryl/α,β-unsaturated/α-hetero) is 1. The molecule has 1 aromatic rings. The SMILES string of the molecule is C[C@@H](CC(=O)Cn1cnnn1)[C@H]1C(=O)N2C(C(=O)O)=C(S[C@@H]3CN[C@H](C(=O)N4CCC5(CCNC5)CC4)C3)[C@H](C)[C@H]12. The normalized spacial score (nSPS) is 31.5. The minimum absolute atomic E-state index is 0.0337. The predicted octanol–water partition coefficient (Wildman–Crippen LogP) is 0.107. The highest BCUT2D eigenvalue weighted by Crippen LogP contribution is 2.53. The summed E-state index contributed by atoms with van der Waals surface area (Å²) in [5.41, 5.74) is 0.405. The van der Waals surface area contributed by atoms with Gasteiger partial charge in [-0.15, -0.1) is 16.9 Å². The Morgan fingerprint density at radius 2 is 2.02 bits per heavy atom. The van der Waals surface area contributed by atoms with E-state index in [1.165, 1.54) is 34.1 Å². The number of carbonyl (C=O) groups excluding carboxylic acids is 3. The molecular weight excluding hydrogens is 548 g/mol. The van der Waals surface area contributed by atoms with E-state index in [4.69, 9.17) is 0 Å². The number of hydrogen-bond acceptors (Lipinski definition) is 10. The Morgan fingerprint density at radius 1 is 1.24 bits per heavy atom. The van der Waals surface area contributed by atoms with E-state index in [0.29, 0.717) is 23.3 Å². The van der Waals surface area contributed by atoms with Crippen LogP contribution in [0, 0.1) is 23.2 Å². The highest BCUT2D eigenvalue weighted by molar-refractivity contribution is 8.03. The van der Waals surface area contributed by atoms with Gasteiger partial charge in [-0.05, 0) is 54.0 Å². The van der Waals surface area contributed by atoms with Gasteiger partial charge in [0.2, 0.25) is 11.8 Å². The number of aromatic nitrogens is 4. The number of likely N-dealkylation sites (tertiary alicyclic amines) is 1. The van der Waals surface area contributed by atoms with Crippen LogP contribution in [0.5, 0.6) is 0 Å². The molecule has 13 nitrogen and oxygen atoms in total. The summed E-state index contributed by atoms with van der Waals surface area (Å²) in [6, 6.07) is -0.559. The summed E-state index contributed by atoms with van der Waals surface area (Å²) >= 11 is 1.49. The fourth-order valence-electron chi connectivity index (χ4n) is 7.56. The van der Waals surface area contributed by atoms with Crippen molar-refractivity contribution in [1.29, 1.82) is 0 Å². The van der Waals surface area contributed by atoms with E-state index in [9.17, 15) is 24.3 Å². The molecule has 2 amide bonds. The number of nitrogens with one attached hydrogen (secondary N) is 2. The lowest BCUT2D eigenvalue weighted by atomic mass is 9.73. The van der Waals surface area contributed by atoms with E-state index in [2.05, 4.69) is 26.2 Å².